The minimum absolute atomic E-state index is 0.217. The van der Waals surface area contributed by atoms with E-state index in [2.05, 4.69) is 39.4 Å². The lowest BCUT2D eigenvalue weighted by molar-refractivity contribution is 0.114. The van der Waals surface area contributed by atoms with E-state index in [1.54, 1.807) is 0 Å². The van der Waals surface area contributed by atoms with Gasteiger partial charge < -0.3 is 20.5 Å². The molecule has 1 heterocycles. The highest BCUT2D eigenvalue weighted by Gasteiger charge is 2.17. The molecular weight excluding hydrogens is 393 g/mol. The first-order chi connectivity index (χ1) is 10.5. The fourth-order valence-corrected chi connectivity index (χ4v) is 2.67. The smallest absolute Gasteiger partial charge is 0.191 e. The molecule has 1 aliphatic heterocycles. The second kappa shape index (κ2) is 8.57. The highest BCUT2D eigenvalue weighted by molar-refractivity contribution is 14.1. The number of nitrogens with two attached hydrogens (primary N) is 1. The Morgan fingerprint density at radius 3 is 2.68 bits per heavy atom. The van der Waals surface area contributed by atoms with Crippen molar-refractivity contribution in [3.8, 4) is 5.75 Å². The molecule has 22 heavy (non-hydrogen) atoms. The minimum atomic E-state index is -0.651. The number of ether oxygens (including phenoxy) is 1. The molecule has 1 atom stereocenters. The normalized spacial score (nSPS) is 18.3. The third kappa shape index (κ3) is 5.64. The van der Waals surface area contributed by atoms with E-state index in [0.717, 1.165) is 41.2 Å². The van der Waals surface area contributed by atoms with Gasteiger partial charge in [-0.05, 0) is 65.6 Å². The number of aliphatic hydroxyl groups is 1. The number of piperidine rings is 1. The number of aliphatic imine (C=N–C) groups is 1. The van der Waals surface area contributed by atoms with Gasteiger partial charge in [0, 0.05) is 16.7 Å². The standard InChI is InChI=1S/C16H24IN3O2/c1-12-6-8-20(9-7-12)16(18)19-10-14(21)11-22-15-4-2-13(17)3-5-15/h2-5,12,14,21H,6-11H2,1H3,(H2,18,19). The number of hydrogen-bond acceptors (Lipinski definition) is 3. The average Bonchev–Trinajstić information content (AvgIpc) is 2.52. The summed E-state index contributed by atoms with van der Waals surface area (Å²) in [6, 6.07) is 7.72. The summed E-state index contributed by atoms with van der Waals surface area (Å²) in [5.41, 5.74) is 5.99. The van der Waals surface area contributed by atoms with Gasteiger partial charge >= 0.3 is 0 Å². The number of guanidine groups is 1. The van der Waals surface area contributed by atoms with Crippen molar-refractivity contribution in [2.24, 2.45) is 16.6 Å². The number of hydrogen-bond donors (Lipinski definition) is 2. The third-order valence-corrected chi connectivity index (χ3v) is 4.55. The largest absolute Gasteiger partial charge is 0.491 e. The first-order valence-electron chi connectivity index (χ1n) is 7.66. The van der Waals surface area contributed by atoms with Gasteiger partial charge in [-0.2, -0.15) is 0 Å². The van der Waals surface area contributed by atoms with Crippen LogP contribution in [0.3, 0.4) is 0 Å². The van der Waals surface area contributed by atoms with Crippen molar-refractivity contribution in [1.29, 1.82) is 0 Å². The van der Waals surface area contributed by atoms with Crippen LogP contribution in [0.4, 0.5) is 0 Å². The zero-order valence-corrected chi connectivity index (χ0v) is 15.1. The Hall–Kier alpha value is -1.02. The predicted octanol–water partition coefficient (Wildman–Crippen LogP) is 2.08. The summed E-state index contributed by atoms with van der Waals surface area (Å²) >= 11 is 2.24. The summed E-state index contributed by atoms with van der Waals surface area (Å²) in [5.74, 6) is 2.04. The summed E-state index contributed by atoms with van der Waals surface area (Å²) in [6.07, 6.45) is 1.64. The van der Waals surface area contributed by atoms with Crippen molar-refractivity contribution in [1.82, 2.24) is 4.90 Å². The fraction of sp³-hybridized carbons (Fsp3) is 0.562. The third-order valence-electron chi connectivity index (χ3n) is 3.83. The van der Waals surface area contributed by atoms with Crippen LogP contribution in [0.1, 0.15) is 19.8 Å². The van der Waals surface area contributed by atoms with Gasteiger partial charge in [0.15, 0.2) is 5.96 Å². The molecule has 122 valence electrons. The first-order valence-corrected chi connectivity index (χ1v) is 8.74. The molecule has 0 radical (unpaired) electrons. The second-order valence-corrected chi connectivity index (χ2v) is 7.03. The van der Waals surface area contributed by atoms with Crippen molar-refractivity contribution in [3.63, 3.8) is 0 Å². The Morgan fingerprint density at radius 1 is 1.41 bits per heavy atom. The van der Waals surface area contributed by atoms with Crippen LogP contribution in [-0.2, 0) is 0 Å². The lowest BCUT2D eigenvalue weighted by Crippen LogP contribution is -2.43. The first kappa shape index (κ1) is 17.3. The van der Waals surface area contributed by atoms with Crippen molar-refractivity contribution in [2.45, 2.75) is 25.9 Å². The monoisotopic (exact) mass is 417 g/mol. The highest BCUT2D eigenvalue weighted by Crippen LogP contribution is 2.16. The van der Waals surface area contributed by atoms with E-state index in [1.165, 1.54) is 0 Å². The Labute approximate surface area is 145 Å². The second-order valence-electron chi connectivity index (χ2n) is 5.79. The SMILES string of the molecule is CC1CCN(C(N)=NCC(O)COc2ccc(I)cc2)CC1. The molecule has 1 unspecified atom stereocenters. The van der Waals surface area contributed by atoms with Crippen LogP contribution < -0.4 is 10.5 Å². The molecule has 3 N–H and O–H groups in total. The number of benzene rings is 1. The van der Waals surface area contributed by atoms with Gasteiger partial charge in [0.1, 0.15) is 18.5 Å². The molecule has 1 aromatic rings. The Balaban J connectivity index is 1.73. The maximum absolute atomic E-state index is 9.95. The molecule has 0 spiro atoms. The van der Waals surface area contributed by atoms with Crippen molar-refractivity contribution < 1.29 is 9.84 Å². The van der Waals surface area contributed by atoms with Gasteiger partial charge in [0.05, 0.1) is 6.54 Å². The van der Waals surface area contributed by atoms with E-state index in [-0.39, 0.29) is 13.2 Å². The van der Waals surface area contributed by atoms with Crippen molar-refractivity contribution in [2.75, 3.05) is 26.2 Å². The quantitative estimate of drug-likeness (QED) is 0.437. The molecule has 0 bridgehead atoms. The van der Waals surface area contributed by atoms with Crippen LogP contribution in [0.25, 0.3) is 0 Å². The van der Waals surface area contributed by atoms with Gasteiger partial charge in [-0.15, -0.1) is 0 Å². The summed E-state index contributed by atoms with van der Waals surface area (Å²) in [6.45, 7) is 4.64. The predicted molar refractivity (Wildman–Crippen MR) is 97.1 cm³/mol. The van der Waals surface area contributed by atoms with Crippen molar-refractivity contribution >= 4 is 28.6 Å². The molecule has 1 saturated heterocycles. The van der Waals surface area contributed by atoms with E-state index in [9.17, 15) is 5.11 Å². The average molecular weight is 417 g/mol. The maximum atomic E-state index is 9.95. The van der Waals surface area contributed by atoms with E-state index in [4.69, 9.17) is 10.5 Å². The van der Waals surface area contributed by atoms with Crippen LogP contribution in [0.5, 0.6) is 5.75 Å². The van der Waals surface area contributed by atoms with Gasteiger partial charge in [-0.25, -0.2) is 0 Å². The summed E-state index contributed by atoms with van der Waals surface area (Å²) < 4.78 is 6.69. The molecule has 1 fully saturated rings. The number of halogens is 1. The zero-order valence-electron chi connectivity index (χ0n) is 12.9. The summed E-state index contributed by atoms with van der Waals surface area (Å²) in [5, 5.41) is 9.95. The Morgan fingerprint density at radius 2 is 2.05 bits per heavy atom. The number of aliphatic hydroxyl groups excluding tert-OH is 1. The molecular formula is C16H24IN3O2. The van der Waals surface area contributed by atoms with Crippen LogP contribution in [-0.4, -0.2) is 48.3 Å². The van der Waals surface area contributed by atoms with E-state index in [0.29, 0.717) is 5.96 Å². The maximum Gasteiger partial charge on any atom is 0.191 e. The Bertz CT molecular complexity index is 485. The van der Waals surface area contributed by atoms with Crippen LogP contribution in [0.15, 0.2) is 29.3 Å². The molecule has 2 rings (SSSR count). The minimum Gasteiger partial charge on any atom is -0.491 e. The zero-order chi connectivity index (χ0) is 15.9. The van der Waals surface area contributed by atoms with Crippen LogP contribution in [0, 0.1) is 9.49 Å². The number of likely N-dealkylation sites (tertiary alicyclic amines) is 1. The number of rotatable bonds is 5. The van der Waals surface area contributed by atoms with Crippen LogP contribution in [0.2, 0.25) is 0 Å². The fourth-order valence-electron chi connectivity index (χ4n) is 2.31. The van der Waals surface area contributed by atoms with Gasteiger partial charge in [-0.3, -0.25) is 4.99 Å². The molecule has 0 aliphatic carbocycles. The Kier molecular flexibility index (Phi) is 6.75. The molecule has 1 aliphatic rings. The highest BCUT2D eigenvalue weighted by atomic mass is 127. The van der Waals surface area contributed by atoms with Gasteiger partial charge in [0.2, 0.25) is 0 Å². The summed E-state index contributed by atoms with van der Waals surface area (Å²) in [4.78, 5) is 6.38. The van der Waals surface area contributed by atoms with Gasteiger partial charge in [0.25, 0.3) is 0 Å². The molecule has 0 aromatic heterocycles. The molecule has 0 amide bonds. The van der Waals surface area contributed by atoms with Crippen molar-refractivity contribution in [3.05, 3.63) is 27.8 Å². The molecule has 6 heteroatoms. The topological polar surface area (TPSA) is 71.1 Å². The van der Waals surface area contributed by atoms with E-state index < -0.39 is 6.10 Å². The molecule has 5 nitrogen and oxygen atoms in total. The molecule has 0 saturated carbocycles. The van der Waals surface area contributed by atoms with E-state index in [1.807, 2.05) is 24.3 Å². The van der Waals surface area contributed by atoms with Crippen LogP contribution >= 0.6 is 22.6 Å². The molecule has 1 aromatic carbocycles. The lowest BCUT2D eigenvalue weighted by atomic mass is 10.00. The number of nitrogens with zero attached hydrogens (tertiary/aromatic N) is 2. The van der Waals surface area contributed by atoms with E-state index >= 15 is 0 Å². The van der Waals surface area contributed by atoms with Gasteiger partial charge in [-0.1, -0.05) is 6.92 Å². The summed E-state index contributed by atoms with van der Waals surface area (Å²) in [7, 11) is 0. The lowest BCUT2D eigenvalue weighted by Gasteiger charge is -2.31.